The smallest absolute Gasteiger partial charge is 0.0581 e. The van der Waals surface area contributed by atoms with E-state index >= 15 is 0 Å². The van der Waals surface area contributed by atoms with Crippen LogP contribution in [0.1, 0.15) is 33.6 Å². The van der Waals surface area contributed by atoms with Crippen LogP contribution in [0.4, 0.5) is 0 Å². The number of nitrogens with one attached hydrogen (secondary N) is 1. The molecular weight excluding hydrogens is 188 g/mol. The highest BCUT2D eigenvalue weighted by atomic mass is 16.5. The fourth-order valence-electron chi connectivity index (χ4n) is 2.38. The molecule has 1 fully saturated rings. The minimum Gasteiger partial charge on any atom is -0.375 e. The summed E-state index contributed by atoms with van der Waals surface area (Å²) in [6.07, 6.45) is 2.50. The molecule has 1 heterocycles. The molecule has 2 atom stereocenters. The Labute approximate surface area is 92.8 Å². The highest BCUT2D eigenvalue weighted by molar-refractivity contribution is 5.03. The first-order valence-electron chi connectivity index (χ1n) is 5.62. The van der Waals surface area contributed by atoms with Gasteiger partial charge >= 0.3 is 0 Å². The summed E-state index contributed by atoms with van der Waals surface area (Å²) in [6, 6.07) is 0. The molecule has 1 saturated heterocycles. The number of rotatable bonds is 3. The molecule has 3 heteroatoms. The Morgan fingerprint density at radius 2 is 2.00 bits per heavy atom. The first-order chi connectivity index (χ1) is 7.12. The molecule has 1 aliphatic heterocycles. The minimum absolute atomic E-state index is 0.0148. The zero-order valence-electron chi connectivity index (χ0n) is 9.97. The summed E-state index contributed by atoms with van der Waals surface area (Å²) in [5.41, 5.74) is 5.89. The maximum absolute atomic E-state index is 5.88. The van der Waals surface area contributed by atoms with E-state index in [0.29, 0.717) is 13.1 Å². The summed E-state index contributed by atoms with van der Waals surface area (Å²) in [4.78, 5) is 0. The van der Waals surface area contributed by atoms with Gasteiger partial charge in [-0.1, -0.05) is 5.92 Å². The molecule has 3 N–H and O–H groups in total. The van der Waals surface area contributed by atoms with Gasteiger partial charge in [0.1, 0.15) is 0 Å². The van der Waals surface area contributed by atoms with E-state index in [-0.39, 0.29) is 17.7 Å². The van der Waals surface area contributed by atoms with Gasteiger partial charge in [-0.05, 0) is 33.6 Å². The van der Waals surface area contributed by atoms with Crippen LogP contribution in [0.5, 0.6) is 0 Å². The Morgan fingerprint density at radius 1 is 1.40 bits per heavy atom. The van der Waals surface area contributed by atoms with Crippen LogP contribution in [0.15, 0.2) is 0 Å². The summed E-state index contributed by atoms with van der Waals surface area (Å²) in [5.74, 6) is 5.91. The van der Waals surface area contributed by atoms with Gasteiger partial charge in [0.05, 0.1) is 18.8 Å². The van der Waals surface area contributed by atoms with Gasteiger partial charge in [-0.3, -0.25) is 5.32 Å². The lowest BCUT2D eigenvalue weighted by Gasteiger charge is -2.42. The highest BCUT2D eigenvalue weighted by Crippen LogP contribution is 2.27. The van der Waals surface area contributed by atoms with E-state index < -0.39 is 0 Å². The number of nitrogens with two attached hydrogens (primary N) is 1. The van der Waals surface area contributed by atoms with Crippen molar-refractivity contribution in [1.29, 1.82) is 0 Å². The number of hydrogen-bond donors (Lipinski definition) is 2. The third-order valence-electron chi connectivity index (χ3n) is 2.94. The molecule has 0 amide bonds. The van der Waals surface area contributed by atoms with E-state index in [1.807, 2.05) is 6.92 Å². The van der Waals surface area contributed by atoms with Crippen LogP contribution in [-0.2, 0) is 4.74 Å². The van der Waals surface area contributed by atoms with Gasteiger partial charge in [-0.15, -0.1) is 5.92 Å². The average molecular weight is 210 g/mol. The van der Waals surface area contributed by atoms with Gasteiger partial charge in [0.15, 0.2) is 0 Å². The summed E-state index contributed by atoms with van der Waals surface area (Å²) in [7, 11) is 0. The fourth-order valence-corrected chi connectivity index (χ4v) is 2.38. The van der Waals surface area contributed by atoms with Gasteiger partial charge in [-0.25, -0.2) is 0 Å². The van der Waals surface area contributed by atoms with Gasteiger partial charge in [0.25, 0.3) is 0 Å². The van der Waals surface area contributed by atoms with Crippen molar-refractivity contribution in [2.75, 3.05) is 13.1 Å². The van der Waals surface area contributed by atoms with E-state index in [9.17, 15) is 0 Å². The van der Waals surface area contributed by atoms with Crippen LogP contribution < -0.4 is 11.1 Å². The van der Waals surface area contributed by atoms with Crippen LogP contribution in [0, 0.1) is 11.8 Å². The molecule has 2 unspecified atom stereocenters. The summed E-state index contributed by atoms with van der Waals surface area (Å²) >= 11 is 0. The van der Waals surface area contributed by atoms with Crippen LogP contribution in [0.2, 0.25) is 0 Å². The van der Waals surface area contributed by atoms with Crippen LogP contribution in [0.3, 0.4) is 0 Å². The Kier molecular flexibility index (Phi) is 4.59. The molecule has 0 saturated carbocycles. The second kappa shape index (κ2) is 5.50. The number of hydrogen-bond acceptors (Lipinski definition) is 3. The largest absolute Gasteiger partial charge is 0.375 e. The van der Waals surface area contributed by atoms with Crippen molar-refractivity contribution >= 4 is 0 Å². The van der Waals surface area contributed by atoms with E-state index in [4.69, 9.17) is 10.5 Å². The normalized spacial score (nSPS) is 35.7. The molecule has 86 valence electrons. The second-order valence-electron chi connectivity index (χ2n) is 4.43. The van der Waals surface area contributed by atoms with Crippen molar-refractivity contribution in [2.24, 2.45) is 5.73 Å². The SMILES string of the molecule is CC#CCNC1(CN)CC(C)OC(C)C1. The van der Waals surface area contributed by atoms with E-state index in [2.05, 4.69) is 31.0 Å². The molecule has 0 bridgehead atoms. The van der Waals surface area contributed by atoms with Crippen molar-refractivity contribution in [2.45, 2.75) is 51.4 Å². The lowest BCUT2D eigenvalue weighted by Crippen LogP contribution is -2.58. The monoisotopic (exact) mass is 210 g/mol. The predicted octanol–water partition coefficient (Wildman–Crippen LogP) is 0.884. The third kappa shape index (κ3) is 3.49. The molecule has 3 nitrogen and oxygen atoms in total. The lowest BCUT2D eigenvalue weighted by atomic mass is 9.84. The van der Waals surface area contributed by atoms with Crippen LogP contribution in [-0.4, -0.2) is 30.8 Å². The van der Waals surface area contributed by atoms with Crippen molar-refractivity contribution < 1.29 is 4.74 Å². The van der Waals surface area contributed by atoms with Crippen molar-refractivity contribution in [3.05, 3.63) is 0 Å². The molecule has 0 spiro atoms. The van der Waals surface area contributed by atoms with Crippen LogP contribution >= 0.6 is 0 Å². The quantitative estimate of drug-likeness (QED) is 0.680. The first-order valence-corrected chi connectivity index (χ1v) is 5.62. The Balaban J connectivity index is 2.59. The summed E-state index contributed by atoms with van der Waals surface area (Å²) in [6.45, 7) is 7.43. The first kappa shape index (κ1) is 12.5. The average Bonchev–Trinajstić information content (AvgIpc) is 2.17. The molecule has 1 aliphatic rings. The Hall–Kier alpha value is -0.560. The summed E-state index contributed by atoms with van der Waals surface area (Å²) in [5, 5.41) is 3.47. The van der Waals surface area contributed by atoms with Gasteiger partial charge in [0.2, 0.25) is 0 Å². The third-order valence-corrected chi connectivity index (χ3v) is 2.94. The zero-order valence-corrected chi connectivity index (χ0v) is 9.97. The van der Waals surface area contributed by atoms with Crippen molar-refractivity contribution in [1.82, 2.24) is 5.32 Å². The Bertz CT molecular complexity index is 244. The molecule has 0 aliphatic carbocycles. The Morgan fingerprint density at radius 3 is 2.47 bits per heavy atom. The summed E-state index contributed by atoms with van der Waals surface area (Å²) < 4.78 is 5.72. The van der Waals surface area contributed by atoms with Gasteiger partial charge in [-0.2, -0.15) is 0 Å². The molecule has 1 rings (SSSR count). The highest BCUT2D eigenvalue weighted by Gasteiger charge is 2.36. The van der Waals surface area contributed by atoms with Gasteiger partial charge in [0, 0.05) is 12.1 Å². The topological polar surface area (TPSA) is 47.3 Å². The standard InChI is InChI=1S/C12H22N2O/c1-4-5-6-14-12(9-13)7-10(2)15-11(3)8-12/h10-11,14H,6-9,13H2,1-3H3. The second-order valence-corrected chi connectivity index (χ2v) is 4.43. The fraction of sp³-hybridized carbons (Fsp3) is 0.833. The maximum atomic E-state index is 5.88. The molecule has 15 heavy (non-hydrogen) atoms. The van der Waals surface area contributed by atoms with Crippen molar-refractivity contribution in [3.8, 4) is 11.8 Å². The predicted molar refractivity (Wildman–Crippen MR) is 62.5 cm³/mol. The van der Waals surface area contributed by atoms with E-state index in [0.717, 1.165) is 12.8 Å². The number of ether oxygens (including phenoxy) is 1. The minimum atomic E-state index is 0.0148. The molecule has 0 aromatic carbocycles. The molecule has 0 aromatic rings. The van der Waals surface area contributed by atoms with Crippen molar-refractivity contribution in [3.63, 3.8) is 0 Å². The molecular formula is C12H22N2O. The van der Waals surface area contributed by atoms with Gasteiger partial charge < -0.3 is 10.5 Å². The molecule has 0 radical (unpaired) electrons. The zero-order chi connectivity index (χ0) is 11.3. The maximum Gasteiger partial charge on any atom is 0.0581 e. The van der Waals surface area contributed by atoms with E-state index in [1.54, 1.807) is 0 Å². The van der Waals surface area contributed by atoms with E-state index in [1.165, 1.54) is 0 Å². The molecule has 0 aromatic heterocycles. The lowest BCUT2D eigenvalue weighted by molar-refractivity contribution is -0.0661. The van der Waals surface area contributed by atoms with Crippen LogP contribution in [0.25, 0.3) is 0 Å².